The average Bonchev–Trinajstić information content (AvgIpc) is 2.44. The van der Waals surface area contributed by atoms with Gasteiger partial charge in [-0.3, -0.25) is 0 Å². The lowest BCUT2D eigenvalue weighted by molar-refractivity contribution is 0.395. The molecule has 0 saturated carbocycles. The van der Waals surface area contributed by atoms with Gasteiger partial charge in [-0.2, -0.15) is 0 Å². The van der Waals surface area contributed by atoms with Crippen LogP contribution in [0.4, 0.5) is 11.5 Å². The number of pyridine rings is 1. The van der Waals surface area contributed by atoms with Gasteiger partial charge in [0, 0.05) is 23.9 Å². The lowest BCUT2D eigenvalue weighted by Gasteiger charge is -2.11. The highest BCUT2D eigenvalue weighted by Gasteiger charge is 2.09. The Morgan fingerprint density at radius 3 is 2.05 bits per heavy atom. The Hall–Kier alpha value is -1.36. The van der Waals surface area contributed by atoms with E-state index in [1.807, 2.05) is 0 Å². The van der Waals surface area contributed by atoms with E-state index < -0.39 is 0 Å². The van der Waals surface area contributed by atoms with Crippen molar-refractivity contribution in [2.75, 3.05) is 19.5 Å². The van der Waals surface area contributed by atoms with E-state index in [1.54, 1.807) is 32.4 Å². The molecular formula is C13H11Cl3N2O2. The number of nitrogens with zero attached hydrogens (tertiary/aromatic N) is 1. The van der Waals surface area contributed by atoms with Gasteiger partial charge in [0.1, 0.15) is 16.7 Å². The van der Waals surface area contributed by atoms with Crippen molar-refractivity contribution < 1.29 is 9.47 Å². The Labute approximate surface area is 131 Å². The van der Waals surface area contributed by atoms with E-state index in [1.165, 1.54) is 6.07 Å². The summed E-state index contributed by atoms with van der Waals surface area (Å²) in [5.41, 5.74) is 0.703. The summed E-state index contributed by atoms with van der Waals surface area (Å²) in [4.78, 5) is 4.09. The number of hydrogen-bond donors (Lipinski definition) is 1. The number of methoxy groups -OCH3 is 2. The molecule has 0 radical (unpaired) electrons. The summed E-state index contributed by atoms with van der Waals surface area (Å²) in [5, 5.41) is 3.88. The predicted molar refractivity (Wildman–Crippen MR) is 82.1 cm³/mol. The number of rotatable bonds is 4. The van der Waals surface area contributed by atoms with Crippen LogP contribution in [0.15, 0.2) is 24.3 Å². The fraction of sp³-hybridized carbons (Fsp3) is 0.154. The molecule has 0 aliphatic rings. The van der Waals surface area contributed by atoms with Crippen LogP contribution in [0.2, 0.25) is 15.2 Å². The number of halogens is 3. The highest BCUT2D eigenvalue weighted by molar-refractivity contribution is 6.43. The third kappa shape index (κ3) is 3.39. The fourth-order valence-corrected chi connectivity index (χ4v) is 2.09. The lowest BCUT2D eigenvalue weighted by atomic mass is 10.2. The Morgan fingerprint density at radius 1 is 0.900 bits per heavy atom. The number of anilines is 2. The van der Waals surface area contributed by atoms with E-state index >= 15 is 0 Å². The molecule has 0 amide bonds. The largest absolute Gasteiger partial charge is 0.497 e. The second-order valence-corrected chi connectivity index (χ2v) is 4.99. The normalized spacial score (nSPS) is 10.2. The van der Waals surface area contributed by atoms with E-state index in [-0.39, 0.29) is 5.15 Å². The van der Waals surface area contributed by atoms with Crippen LogP contribution in [-0.4, -0.2) is 19.2 Å². The molecule has 1 heterocycles. The third-order valence-corrected chi connectivity index (χ3v) is 3.46. The van der Waals surface area contributed by atoms with Crippen molar-refractivity contribution in [2.24, 2.45) is 0 Å². The van der Waals surface area contributed by atoms with Crippen LogP contribution in [0.25, 0.3) is 0 Å². The van der Waals surface area contributed by atoms with E-state index in [2.05, 4.69) is 10.3 Å². The number of aromatic nitrogens is 1. The maximum Gasteiger partial charge on any atom is 0.151 e. The lowest BCUT2D eigenvalue weighted by Crippen LogP contribution is -1.97. The fourth-order valence-electron chi connectivity index (χ4n) is 1.55. The molecule has 0 atom stereocenters. The molecule has 0 fully saturated rings. The molecule has 0 unspecified atom stereocenters. The number of hydrogen-bond acceptors (Lipinski definition) is 4. The molecule has 1 N–H and O–H groups in total. The Balaban J connectivity index is 2.36. The molecule has 0 saturated heterocycles. The molecule has 7 heteroatoms. The molecule has 0 spiro atoms. The molecule has 0 aliphatic carbocycles. The number of nitrogens with one attached hydrogen (secondary N) is 1. The quantitative estimate of drug-likeness (QED) is 0.816. The first-order valence-corrected chi connectivity index (χ1v) is 6.68. The van der Waals surface area contributed by atoms with Crippen LogP contribution in [0.3, 0.4) is 0 Å². The molecule has 0 bridgehead atoms. The monoisotopic (exact) mass is 332 g/mol. The second-order valence-electron chi connectivity index (χ2n) is 3.82. The summed E-state index contributed by atoms with van der Waals surface area (Å²) >= 11 is 17.8. The third-order valence-electron chi connectivity index (χ3n) is 2.50. The molecule has 2 aromatic rings. The summed E-state index contributed by atoms with van der Waals surface area (Å²) < 4.78 is 10.4. The van der Waals surface area contributed by atoms with Gasteiger partial charge in [-0.05, 0) is 6.07 Å². The van der Waals surface area contributed by atoms with Crippen molar-refractivity contribution in [3.63, 3.8) is 0 Å². The van der Waals surface area contributed by atoms with Crippen molar-refractivity contribution in [3.8, 4) is 11.5 Å². The molecule has 1 aromatic carbocycles. The average molecular weight is 334 g/mol. The summed E-state index contributed by atoms with van der Waals surface area (Å²) in [5.74, 6) is 1.68. The molecular weight excluding hydrogens is 323 g/mol. The minimum atomic E-state index is 0.174. The van der Waals surface area contributed by atoms with Crippen molar-refractivity contribution in [3.05, 3.63) is 39.5 Å². The van der Waals surface area contributed by atoms with Gasteiger partial charge >= 0.3 is 0 Å². The highest BCUT2D eigenvalue weighted by atomic mass is 35.5. The zero-order valence-electron chi connectivity index (χ0n) is 10.7. The van der Waals surface area contributed by atoms with Crippen molar-refractivity contribution in [1.82, 2.24) is 4.98 Å². The topological polar surface area (TPSA) is 43.4 Å². The Kier molecular flexibility index (Phi) is 4.81. The van der Waals surface area contributed by atoms with Gasteiger partial charge in [0.05, 0.1) is 24.3 Å². The van der Waals surface area contributed by atoms with Crippen LogP contribution >= 0.6 is 34.8 Å². The van der Waals surface area contributed by atoms with E-state index in [4.69, 9.17) is 44.3 Å². The smallest absolute Gasteiger partial charge is 0.151 e. The molecule has 2 rings (SSSR count). The van der Waals surface area contributed by atoms with Crippen LogP contribution in [-0.2, 0) is 0 Å². The van der Waals surface area contributed by atoms with Gasteiger partial charge in [-0.15, -0.1) is 0 Å². The van der Waals surface area contributed by atoms with Crippen molar-refractivity contribution >= 4 is 46.3 Å². The molecule has 106 valence electrons. The van der Waals surface area contributed by atoms with Crippen LogP contribution in [0.5, 0.6) is 11.5 Å². The van der Waals surface area contributed by atoms with Crippen LogP contribution < -0.4 is 14.8 Å². The summed E-state index contributed by atoms with van der Waals surface area (Å²) in [7, 11) is 3.14. The minimum Gasteiger partial charge on any atom is -0.497 e. The van der Waals surface area contributed by atoms with Gasteiger partial charge < -0.3 is 14.8 Å². The highest BCUT2D eigenvalue weighted by Crippen LogP contribution is 2.33. The van der Waals surface area contributed by atoms with Gasteiger partial charge in [0.15, 0.2) is 5.82 Å². The van der Waals surface area contributed by atoms with Crippen LogP contribution in [0, 0.1) is 0 Å². The molecule has 20 heavy (non-hydrogen) atoms. The van der Waals surface area contributed by atoms with Crippen LogP contribution in [0.1, 0.15) is 0 Å². The maximum atomic E-state index is 6.07. The van der Waals surface area contributed by atoms with Gasteiger partial charge in [-0.25, -0.2) is 4.98 Å². The van der Waals surface area contributed by atoms with Crippen molar-refractivity contribution in [1.29, 1.82) is 0 Å². The van der Waals surface area contributed by atoms with Gasteiger partial charge in [0.2, 0.25) is 0 Å². The zero-order chi connectivity index (χ0) is 14.7. The van der Waals surface area contributed by atoms with Gasteiger partial charge in [-0.1, -0.05) is 34.8 Å². The zero-order valence-corrected chi connectivity index (χ0v) is 13.0. The first-order chi connectivity index (χ1) is 9.53. The summed E-state index contributed by atoms with van der Waals surface area (Å²) in [6.45, 7) is 0. The number of ether oxygens (including phenoxy) is 2. The molecule has 1 aromatic heterocycles. The SMILES string of the molecule is COc1cc(Nc2nc(Cl)c(Cl)cc2Cl)cc(OC)c1. The van der Waals surface area contributed by atoms with E-state index in [9.17, 15) is 0 Å². The summed E-state index contributed by atoms with van der Waals surface area (Å²) in [6.07, 6.45) is 0. The maximum absolute atomic E-state index is 6.07. The number of benzene rings is 1. The van der Waals surface area contributed by atoms with E-state index in [0.717, 1.165) is 0 Å². The van der Waals surface area contributed by atoms with E-state index in [0.29, 0.717) is 33.0 Å². The minimum absolute atomic E-state index is 0.174. The Bertz CT molecular complexity index is 613. The molecule has 4 nitrogen and oxygen atoms in total. The van der Waals surface area contributed by atoms with Crippen molar-refractivity contribution in [2.45, 2.75) is 0 Å². The Morgan fingerprint density at radius 2 is 1.50 bits per heavy atom. The predicted octanol–water partition coefficient (Wildman–Crippen LogP) is 4.80. The first-order valence-electron chi connectivity index (χ1n) is 5.55. The van der Waals surface area contributed by atoms with Gasteiger partial charge in [0.25, 0.3) is 0 Å². The second kappa shape index (κ2) is 6.39. The standard InChI is InChI=1S/C13H11Cl3N2O2/c1-19-8-3-7(4-9(5-8)20-2)17-13-11(15)6-10(14)12(16)18-13/h3-6H,1-2H3,(H,17,18). The first kappa shape index (κ1) is 15.0. The molecule has 0 aliphatic heterocycles. The summed E-state index contributed by atoms with van der Waals surface area (Å²) in [6, 6.07) is 6.85.